The Morgan fingerprint density at radius 3 is 2.38 bits per heavy atom. The Labute approximate surface area is 147 Å². The highest BCUT2D eigenvalue weighted by Crippen LogP contribution is 2.38. The zero-order valence-electron chi connectivity index (χ0n) is 13.6. The van der Waals surface area contributed by atoms with Crippen molar-refractivity contribution in [2.24, 2.45) is 0 Å². The van der Waals surface area contributed by atoms with Gasteiger partial charge in [0.1, 0.15) is 4.90 Å². The molecule has 1 N–H and O–H groups in total. The Hall–Kier alpha value is -1.15. The number of hydrogen-bond acceptors (Lipinski definition) is 4. The van der Waals surface area contributed by atoms with Crippen LogP contribution in [-0.2, 0) is 10.0 Å². The van der Waals surface area contributed by atoms with E-state index in [1.165, 1.54) is 22.5 Å². The molecular formula is C16H21ClN2O4S. The molecule has 8 heteroatoms. The summed E-state index contributed by atoms with van der Waals surface area (Å²) in [4.78, 5) is 13.3. The summed E-state index contributed by atoms with van der Waals surface area (Å²) in [5.41, 5.74) is -0.0288. The third kappa shape index (κ3) is 2.94. The lowest BCUT2D eigenvalue weighted by Gasteiger charge is -2.39. The zero-order valence-corrected chi connectivity index (χ0v) is 15.2. The van der Waals surface area contributed by atoms with Gasteiger partial charge in [-0.1, -0.05) is 11.6 Å². The van der Waals surface area contributed by atoms with Crippen molar-refractivity contribution >= 4 is 27.6 Å². The quantitative estimate of drug-likeness (QED) is 0.877. The Kier molecular flexibility index (Phi) is 4.63. The first-order chi connectivity index (χ1) is 11.2. The van der Waals surface area contributed by atoms with E-state index in [1.807, 2.05) is 0 Å². The molecule has 0 spiro atoms. The fraction of sp³-hybridized carbons (Fsp3) is 0.562. The van der Waals surface area contributed by atoms with Crippen LogP contribution in [-0.4, -0.2) is 60.9 Å². The Morgan fingerprint density at radius 1 is 1.29 bits per heavy atom. The maximum Gasteiger partial charge on any atom is 0.335 e. The van der Waals surface area contributed by atoms with Gasteiger partial charge in [0.15, 0.2) is 0 Å². The molecule has 0 aliphatic carbocycles. The van der Waals surface area contributed by atoms with Crippen molar-refractivity contribution in [1.29, 1.82) is 0 Å². The molecule has 2 atom stereocenters. The Morgan fingerprint density at radius 2 is 1.88 bits per heavy atom. The molecule has 1 aromatic carbocycles. The second-order valence-corrected chi connectivity index (χ2v) is 9.02. The van der Waals surface area contributed by atoms with Crippen LogP contribution in [0, 0.1) is 0 Å². The van der Waals surface area contributed by atoms with Crippen molar-refractivity contribution in [2.45, 2.75) is 48.7 Å². The van der Waals surface area contributed by atoms with Gasteiger partial charge < -0.3 is 10.0 Å². The third-order valence-corrected chi connectivity index (χ3v) is 7.82. The maximum absolute atomic E-state index is 12.9. The number of halogens is 1. The number of nitrogens with zero attached hydrogens (tertiary/aromatic N) is 2. The predicted octanol–water partition coefficient (Wildman–Crippen LogP) is 2.28. The summed E-state index contributed by atoms with van der Waals surface area (Å²) in [6, 6.07) is 4.53. The smallest absolute Gasteiger partial charge is 0.335 e. The first kappa shape index (κ1) is 17.7. The summed E-state index contributed by atoms with van der Waals surface area (Å²) >= 11 is 6.06. The van der Waals surface area contributed by atoms with Crippen LogP contribution in [0.1, 0.15) is 36.0 Å². The van der Waals surface area contributed by atoms with Gasteiger partial charge in [0.2, 0.25) is 10.0 Å². The lowest BCUT2D eigenvalue weighted by molar-refractivity contribution is 0.0696. The monoisotopic (exact) mass is 372 g/mol. The minimum atomic E-state index is -3.76. The number of rotatable bonds is 4. The number of fused-ring (bicyclic) bond motifs is 2. The second-order valence-electron chi connectivity index (χ2n) is 6.65. The molecule has 3 rings (SSSR count). The number of carbonyl (C=O) groups is 1. The number of benzene rings is 1. The van der Waals surface area contributed by atoms with Crippen LogP contribution in [0.4, 0.5) is 0 Å². The highest BCUT2D eigenvalue weighted by Gasteiger charge is 2.42. The summed E-state index contributed by atoms with van der Waals surface area (Å²) in [7, 11) is -0.0632. The van der Waals surface area contributed by atoms with Gasteiger partial charge in [0, 0.05) is 25.2 Å². The van der Waals surface area contributed by atoms with Gasteiger partial charge in [-0.05, 0) is 50.9 Å². The van der Waals surface area contributed by atoms with E-state index in [2.05, 4.69) is 11.9 Å². The van der Waals surface area contributed by atoms with E-state index in [1.54, 1.807) is 7.05 Å². The standard InChI is InChI=1S/C16H21ClN2O4S/c1-18-11-4-5-12(18)9-13(8-11)19(2)24(22,23)15-6-3-10(16(20)21)7-14(15)17/h3,6-7,11-13H,4-5,8-9H2,1-2H3,(H,20,21). The summed E-state index contributed by atoms with van der Waals surface area (Å²) in [6.45, 7) is 0. The fourth-order valence-corrected chi connectivity index (χ4v) is 5.77. The summed E-state index contributed by atoms with van der Waals surface area (Å²) in [5, 5.41) is 8.93. The van der Waals surface area contributed by atoms with E-state index in [0.717, 1.165) is 25.7 Å². The van der Waals surface area contributed by atoms with Gasteiger partial charge in [0.05, 0.1) is 10.6 Å². The highest BCUT2D eigenvalue weighted by molar-refractivity contribution is 7.89. The zero-order chi connectivity index (χ0) is 17.6. The minimum absolute atomic E-state index is 0.0288. The van der Waals surface area contributed by atoms with Crippen LogP contribution in [0.5, 0.6) is 0 Å². The van der Waals surface area contributed by atoms with Crippen molar-refractivity contribution in [3.8, 4) is 0 Å². The lowest BCUT2D eigenvalue weighted by atomic mass is 9.98. The number of sulfonamides is 1. The second kappa shape index (κ2) is 6.29. The van der Waals surface area contributed by atoms with Gasteiger partial charge in [-0.15, -0.1) is 0 Å². The van der Waals surface area contributed by atoms with Crippen molar-refractivity contribution in [1.82, 2.24) is 9.21 Å². The van der Waals surface area contributed by atoms with E-state index in [4.69, 9.17) is 16.7 Å². The molecule has 2 saturated heterocycles. The molecule has 2 fully saturated rings. The van der Waals surface area contributed by atoms with Crippen LogP contribution < -0.4 is 0 Å². The van der Waals surface area contributed by atoms with Gasteiger partial charge in [0.25, 0.3) is 0 Å². The molecule has 0 amide bonds. The number of hydrogen-bond donors (Lipinski definition) is 1. The average molecular weight is 373 g/mol. The first-order valence-electron chi connectivity index (χ1n) is 7.94. The molecule has 0 radical (unpaired) electrons. The molecule has 2 aliphatic rings. The SMILES string of the molecule is CN1C2CCC1CC(N(C)S(=O)(=O)c1ccc(C(=O)O)cc1Cl)C2. The third-order valence-electron chi connectivity index (χ3n) is 5.42. The van der Waals surface area contributed by atoms with E-state index in [-0.39, 0.29) is 21.5 Å². The van der Waals surface area contributed by atoms with Crippen LogP contribution in [0.25, 0.3) is 0 Å². The van der Waals surface area contributed by atoms with E-state index < -0.39 is 16.0 Å². The van der Waals surface area contributed by atoms with Crippen molar-refractivity contribution in [2.75, 3.05) is 14.1 Å². The van der Waals surface area contributed by atoms with Crippen molar-refractivity contribution in [3.05, 3.63) is 28.8 Å². The molecular weight excluding hydrogens is 352 g/mol. The number of piperidine rings is 1. The van der Waals surface area contributed by atoms with E-state index in [0.29, 0.717) is 12.1 Å². The van der Waals surface area contributed by atoms with Crippen molar-refractivity contribution < 1.29 is 18.3 Å². The predicted molar refractivity (Wildman–Crippen MR) is 91.0 cm³/mol. The van der Waals surface area contributed by atoms with Crippen LogP contribution in [0.2, 0.25) is 5.02 Å². The van der Waals surface area contributed by atoms with E-state index >= 15 is 0 Å². The molecule has 2 aliphatic heterocycles. The van der Waals surface area contributed by atoms with Crippen LogP contribution in [0.3, 0.4) is 0 Å². The van der Waals surface area contributed by atoms with E-state index in [9.17, 15) is 13.2 Å². The number of aromatic carboxylic acids is 1. The molecule has 6 nitrogen and oxygen atoms in total. The molecule has 2 heterocycles. The lowest BCUT2D eigenvalue weighted by Crippen LogP contribution is -2.49. The van der Waals surface area contributed by atoms with Crippen LogP contribution in [0.15, 0.2) is 23.1 Å². The maximum atomic E-state index is 12.9. The molecule has 0 saturated carbocycles. The summed E-state index contributed by atoms with van der Waals surface area (Å²) in [5.74, 6) is -1.14. The minimum Gasteiger partial charge on any atom is -0.478 e. The normalized spacial score (nSPS) is 27.6. The van der Waals surface area contributed by atoms with Gasteiger partial charge in [-0.3, -0.25) is 0 Å². The molecule has 1 aromatic rings. The molecule has 2 unspecified atom stereocenters. The number of carboxylic acid groups (broad SMARTS) is 1. The molecule has 132 valence electrons. The largest absolute Gasteiger partial charge is 0.478 e. The Bertz CT molecular complexity index is 753. The summed E-state index contributed by atoms with van der Waals surface area (Å²) in [6.07, 6.45) is 3.85. The van der Waals surface area contributed by atoms with Gasteiger partial charge in [-0.25, -0.2) is 13.2 Å². The molecule has 2 bridgehead atoms. The Balaban J connectivity index is 1.86. The van der Waals surface area contributed by atoms with Crippen molar-refractivity contribution in [3.63, 3.8) is 0 Å². The molecule has 0 aromatic heterocycles. The van der Waals surface area contributed by atoms with Gasteiger partial charge >= 0.3 is 5.97 Å². The van der Waals surface area contributed by atoms with Gasteiger partial charge in [-0.2, -0.15) is 4.31 Å². The number of carboxylic acids is 1. The fourth-order valence-electron chi connectivity index (χ4n) is 3.87. The highest BCUT2D eigenvalue weighted by atomic mass is 35.5. The average Bonchev–Trinajstić information content (AvgIpc) is 2.75. The summed E-state index contributed by atoms with van der Waals surface area (Å²) < 4.78 is 27.3. The molecule has 24 heavy (non-hydrogen) atoms. The van der Waals surface area contributed by atoms with Crippen LogP contribution >= 0.6 is 11.6 Å². The first-order valence-corrected chi connectivity index (χ1v) is 9.76. The topological polar surface area (TPSA) is 77.9 Å².